The fraction of sp³-hybridized carbons (Fsp3) is 0.333. The van der Waals surface area contributed by atoms with E-state index < -0.39 is 30.1 Å². The first-order valence-electron chi connectivity index (χ1n) is 9.45. The van der Waals surface area contributed by atoms with E-state index >= 15 is 0 Å². The minimum Gasteiger partial charge on any atom is -0.487 e. The van der Waals surface area contributed by atoms with Crippen LogP contribution in [0.1, 0.15) is 39.7 Å². The van der Waals surface area contributed by atoms with Crippen molar-refractivity contribution in [3.8, 4) is 5.75 Å². The minimum absolute atomic E-state index is 0.0575. The summed E-state index contributed by atoms with van der Waals surface area (Å²) in [6.45, 7) is 1.40. The summed E-state index contributed by atoms with van der Waals surface area (Å²) in [6, 6.07) is 5.78. The summed E-state index contributed by atoms with van der Waals surface area (Å²) in [7, 11) is 0. The molecule has 1 saturated heterocycles. The van der Waals surface area contributed by atoms with Gasteiger partial charge >= 0.3 is 0 Å². The Balaban J connectivity index is 1.85. The summed E-state index contributed by atoms with van der Waals surface area (Å²) in [5.41, 5.74) is 6.51. The van der Waals surface area contributed by atoms with Gasteiger partial charge in [0, 0.05) is 10.9 Å². The Labute approximate surface area is 170 Å². The molecule has 3 heterocycles. The molecule has 0 saturated carbocycles. The van der Waals surface area contributed by atoms with Gasteiger partial charge in [-0.1, -0.05) is 0 Å². The fourth-order valence-electron chi connectivity index (χ4n) is 3.92. The monoisotopic (exact) mass is 419 g/mol. The van der Waals surface area contributed by atoms with Gasteiger partial charge in [0.15, 0.2) is 0 Å². The van der Waals surface area contributed by atoms with Crippen LogP contribution in [-0.4, -0.2) is 29.9 Å². The van der Waals surface area contributed by atoms with Gasteiger partial charge in [-0.3, -0.25) is 9.78 Å². The van der Waals surface area contributed by atoms with Crippen molar-refractivity contribution >= 4 is 16.9 Å². The zero-order valence-electron chi connectivity index (χ0n) is 16.2. The smallest absolute Gasteiger partial charge is 0.267 e. The second-order valence-electron chi connectivity index (χ2n) is 7.28. The van der Waals surface area contributed by atoms with Gasteiger partial charge in [0.2, 0.25) is 0 Å². The highest BCUT2D eigenvalue weighted by Crippen LogP contribution is 2.47. The van der Waals surface area contributed by atoms with Gasteiger partial charge in [-0.15, -0.1) is 0 Å². The number of halogens is 3. The van der Waals surface area contributed by atoms with Crippen molar-refractivity contribution < 1.29 is 27.1 Å². The summed E-state index contributed by atoms with van der Waals surface area (Å²) in [5, 5.41) is 2.94. The van der Waals surface area contributed by atoms with E-state index in [2.05, 4.69) is 10.3 Å². The largest absolute Gasteiger partial charge is 0.487 e. The number of fused-ring (bicyclic) bond motifs is 1. The molecule has 0 radical (unpaired) electrons. The average Bonchev–Trinajstić information content (AvgIpc) is 3.03. The molecule has 4 rings (SSSR count). The number of furan rings is 1. The predicted molar refractivity (Wildman–Crippen MR) is 103 cm³/mol. The number of primary amides is 1. The first-order valence-corrected chi connectivity index (χ1v) is 9.45. The maximum atomic E-state index is 14.9. The van der Waals surface area contributed by atoms with Crippen molar-refractivity contribution in [1.82, 2.24) is 10.3 Å². The van der Waals surface area contributed by atoms with E-state index in [0.717, 1.165) is 6.20 Å². The molecule has 30 heavy (non-hydrogen) atoms. The number of alkyl halides is 2. The highest BCUT2D eigenvalue weighted by Gasteiger charge is 2.45. The van der Waals surface area contributed by atoms with Gasteiger partial charge in [-0.05, 0) is 44.2 Å². The molecular weight excluding hydrogens is 399 g/mol. The number of amides is 1. The molecule has 2 aromatic heterocycles. The Morgan fingerprint density at radius 2 is 2.17 bits per heavy atom. The SMILES string of the molecule is Cc1oc2ccc(OCc3ccc(F)cn3)c(C3CCNCC3(F)F)c2c1C(N)=O. The molecule has 1 unspecified atom stereocenters. The summed E-state index contributed by atoms with van der Waals surface area (Å²) in [4.78, 5) is 16.0. The van der Waals surface area contributed by atoms with Crippen molar-refractivity contribution in [2.24, 2.45) is 5.73 Å². The van der Waals surface area contributed by atoms with Crippen molar-refractivity contribution in [2.45, 2.75) is 31.8 Å². The van der Waals surface area contributed by atoms with Crippen LogP contribution in [-0.2, 0) is 6.61 Å². The summed E-state index contributed by atoms with van der Waals surface area (Å²) in [6.07, 6.45) is 1.19. The number of nitrogens with zero attached hydrogens (tertiary/aromatic N) is 1. The van der Waals surface area contributed by atoms with Gasteiger partial charge in [0.25, 0.3) is 11.8 Å². The van der Waals surface area contributed by atoms with Crippen molar-refractivity contribution in [3.63, 3.8) is 0 Å². The predicted octanol–water partition coefficient (Wildman–Crippen LogP) is 3.67. The zero-order chi connectivity index (χ0) is 21.5. The lowest BCUT2D eigenvalue weighted by Crippen LogP contribution is -2.44. The third-order valence-corrected chi connectivity index (χ3v) is 5.27. The highest BCUT2D eigenvalue weighted by molar-refractivity contribution is 6.08. The first kappa shape index (κ1) is 20.2. The van der Waals surface area contributed by atoms with Crippen molar-refractivity contribution in [1.29, 1.82) is 0 Å². The number of aromatic nitrogens is 1. The third-order valence-electron chi connectivity index (χ3n) is 5.27. The number of hydrogen-bond acceptors (Lipinski definition) is 5. The van der Waals surface area contributed by atoms with Gasteiger partial charge in [-0.25, -0.2) is 13.2 Å². The Morgan fingerprint density at radius 3 is 2.83 bits per heavy atom. The van der Waals surface area contributed by atoms with Crippen LogP contribution in [0.15, 0.2) is 34.9 Å². The lowest BCUT2D eigenvalue weighted by molar-refractivity contribution is -0.0423. The van der Waals surface area contributed by atoms with Gasteiger partial charge in [0.05, 0.1) is 29.9 Å². The molecule has 1 aliphatic rings. The van der Waals surface area contributed by atoms with Gasteiger partial charge in [0.1, 0.15) is 29.5 Å². The Kier molecular flexibility index (Phi) is 5.15. The third kappa shape index (κ3) is 3.60. The Bertz CT molecular complexity index is 1100. The van der Waals surface area contributed by atoms with E-state index in [9.17, 15) is 18.0 Å². The normalized spacial score (nSPS) is 18.5. The average molecular weight is 419 g/mol. The molecule has 158 valence electrons. The molecule has 0 bridgehead atoms. The molecule has 1 amide bonds. The summed E-state index contributed by atoms with van der Waals surface area (Å²) < 4.78 is 54.3. The van der Waals surface area contributed by atoms with Crippen LogP contribution >= 0.6 is 0 Å². The van der Waals surface area contributed by atoms with Crippen LogP contribution in [0.25, 0.3) is 11.0 Å². The number of ether oxygens (including phenoxy) is 1. The van der Waals surface area contributed by atoms with E-state index in [0.29, 0.717) is 12.2 Å². The van der Waals surface area contributed by atoms with Gasteiger partial charge < -0.3 is 20.2 Å². The lowest BCUT2D eigenvalue weighted by Gasteiger charge is -2.33. The molecule has 9 heteroatoms. The van der Waals surface area contributed by atoms with Gasteiger partial charge in [-0.2, -0.15) is 0 Å². The number of carbonyl (C=O) groups is 1. The van der Waals surface area contributed by atoms with E-state index in [1.54, 1.807) is 13.0 Å². The molecule has 1 aliphatic heterocycles. The number of aryl methyl sites for hydroxylation is 1. The Hall–Kier alpha value is -3.07. The van der Waals surface area contributed by atoms with Crippen LogP contribution in [0.4, 0.5) is 13.2 Å². The van der Waals surface area contributed by atoms with E-state index in [1.165, 1.54) is 18.2 Å². The maximum absolute atomic E-state index is 14.9. The van der Waals surface area contributed by atoms with Crippen LogP contribution < -0.4 is 15.8 Å². The van der Waals surface area contributed by atoms with E-state index in [1.807, 2.05) is 0 Å². The minimum atomic E-state index is -3.07. The Morgan fingerprint density at radius 1 is 1.37 bits per heavy atom. The molecular formula is C21H20F3N3O3. The highest BCUT2D eigenvalue weighted by atomic mass is 19.3. The molecule has 3 aromatic rings. The number of hydrogen-bond donors (Lipinski definition) is 2. The number of pyridine rings is 1. The molecule has 3 N–H and O–H groups in total. The second-order valence-corrected chi connectivity index (χ2v) is 7.28. The first-order chi connectivity index (χ1) is 14.3. The molecule has 0 aliphatic carbocycles. The second kappa shape index (κ2) is 7.64. The number of nitrogens with two attached hydrogens (primary N) is 1. The summed E-state index contributed by atoms with van der Waals surface area (Å²) >= 11 is 0. The van der Waals surface area contributed by atoms with Crippen molar-refractivity contribution in [3.05, 3.63) is 58.9 Å². The van der Waals surface area contributed by atoms with Crippen LogP contribution in [0.5, 0.6) is 5.75 Å². The molecule has 1 aromatic carbocycles. The standard InChI is InChI=1S/C21H20F3N3O3/c1-11-17(20(25)28)19-16(30-11)5-4-15(29-9-13-3-2-12(22)8-27-13)18(19)14-6-7-26-10-21(14,23)24/h2-5,8,14,26H,6-7,9-10H2,1H3,(H2,25,28). The lowest BCUT2D eigenvalue weighted by atomic mass is 9.83. The molecule has 0 spiro atoms. The zero-order valence-corrected chi connectivity index (χ0v) is 16.2. The van der Waals surface area contributed by atoms with E-state index in [-0.39, 0.29) is 46.6 Å². The number of nitrogens with one attached hydrogen (secondary N) is 1. The number of piperidine rings is 1. The van der Waals surface area contributed by atoms with Crippen LogP contribution in [0, 0.1) is 12.7 Å². The number of rotatable bonds is 5. The topological polar surface area (TPSA) is 90.4 Å². The van der Waals surface area contributed by atoms with E-state index in [4.69, 9.17) is 14.9 Å². The quantitative estimate of drug-likeness (QED) is 0.659. The number of carbonyl (C=O) groups excluding carboxylic acids is 1. The van der Waals surface area contributed by atoms with Crippen LogP contribution in [0.2, 0.25) is 0 Å². The molecule has 6 nitrogen and oxygen atoms in total. The number of benzene rings is 1. The van der Waals surface area contributed by atoms with Crippen LogP contribution in [0.3, 0.4) is 0 Å². The van der Waals surface area contributed by atoms with Crippen molar-refractivity contribution in [2.75, 3.05) is 13.1 Å². The maximum Gasteiger partial charge on any atom is 0.267 e. The summed E-state index contributed by atoms with van der Waals surface area (Å²) in [5.74, 6) is -5.08. The molecule has 1 atom stereocenters. The molecule has 1 fully saturated rings. The fourth-order valence-corrected chi connectivity index (χ4v) is 3.92.